The Balaban J connectivity index is 1.77. The molecular weight excluding hydrogens is 318 g/mol. The van der Waals surface area contributed by atoms with Gasteiger partial charge in [0.05, 0.1) is 0 Å². The van der Waals surface area contributed by atoms with Crippen molar-refractivity contribution in [3.05, 3.63) is 36.1 Å². The second-order valence-corrected chi connectivity index (χ2v) is 6.18. The van der Waals surface area contributed by atoms with Crippen LogP contribution in [0.1, 0.15) is 29.8 Å². The van der Waals surface area contributed by atoms with Crippen molar-refractivity contribution in [2.45, 2.75) is 19.3 Å². The third kappa shape index (κ3) is 2.75. The summed E-state index contributed by atoms with van der Waals surface area (Å²) >= 11 is 3.49. The van der Waals surface area contributed by atoms with Gasteiger partial charge in [0.15, 0.2) is 5.76 Å². The summed E-state index contributed by atoms with van der Waals surface area (Å²) in [6.07, 6.45) is 3.43. The van der Waals surface area contributed by atoms with Gasteiger partial charge in [-0.05, 0) is 37.3 Å². The highest BCUT2D eigenvalue weighted by Crippen LogP contribution is 2.24. The van der Waals surface area contributed by atoms with Gasteiger partial charge in [-0.25, -0.2) is 0 Å². The average Bonchev–Trinajstić information content (AvgIpc) is 2.91. The Kier molecular flexibility index (Phi) is 4.10. The maximum Gasteiger partial charge on any atom is 0.289 e. The van der Waals surface area contributed by atoms with Gasteiger partial charge in [-0.2, -0.15) is 0 Å². The minimum Gasteiger partial charge on any atom is -0.451 e. The number of hydrogen-bond acceptors (Lipinski definition) is 2. The van der Waals surface area contributed by atoms with E-state index in [0.29, 0.717) is 11.7 Å². The molecule has 2 aromatic rings. The predicted molar refractivity (Wildman–Crippen MR) is 83.3 cm³/mol. The topological polar surface area (TPSA) is 33.5 Å². The number of amides is 1. The minimum atomic E-state index is 0.0282. The lowest BCUT2D eigenvalue weighted by atomic mass is 9.95. The lowest BCUT2D eigenvalue weighted by Gasteiger charge is -2.32. The summed E-state index contributed by atoms with van der Waals surface area (Å²) < 4.78 is 5.68. The lowest BCUT2D eigenvalue weighted by Crippen LogP contribution is -2.39. The Hall–Kier alpha value is -1.29. The van der Waals surface area contributed by atoms with Crippen molar-refractivity contribution >= 4 is 32.8 Å². The Morgan fingerprint density at radius 1 is 1.40 bits per heavy atom. The van der Waals surface area contributed by atoms with Crippen LogP contribution < -0.4 is 0 Å². The number of para-hydroxylation sites is 1. The normalized spacial score (nSPS) is 19.4. The number of carbonyl (C=O) groups excluding carboxylic acids is 1. The molecule has 1 amide bonds. The largest absolute Gasteiger partial charge is 0.451 e. The molecule has 1 atom stereocenters. The average molecular weight is 336 g/mol. The van der Waals surface area contributed by atoms with Crippen molar-refractivity contribution in [3.63, 3.8) is 0 Å². The van der Waals surface area contributed by atoms with Gasteiger partial charge < -0.3 is 9.32 Å². The van der Waals surface area contributed by atoms with E-state index in [1.807, 2.05) is 35.2 Å². The molecule has 0 saturated carbocycles. The molecule has 1 aromatic heterocycles. The highest BCUT2D eigenvalue weighted by molar-refractivity contribution is 9.09. The Labute approximate surface area is 127 Å². The summed E-state index contributed by atoms with van der Waals surface area (Å²) in [6.45, 7) is 1.69. The first-order valence-electron chi connectivity index (χ1n) is 7.12. The van der Waals surface area contributed by atoms with Crippen LogP contribution in [0.25, 0.3) is 11.0 Å². The molecule has 2 heterocycles. The zero-order valence-electron chi connectivity index (χ0n) is 11.3. The fourth-order valence-electron chi connectivity index (χ4n) is 2.88. The highest BCUT2D eigenvalue weighted by Gasteiger charge is 2.26. The van der Waals surface area contributed by atoms with Crippen molar-refractivity contribution < 1.29 is 9.21 Å². The molecule has 3 rings (SSSR count). The van der Waals surface area contributed by atoms with Crippen molar-refractivity contribution in [1.29, 1.82) is 0 Å². The maximum absolute atomic E-state index is 12.5. The number of piperidine rings is 1. The van der Waals surface area contributed by atoms with Crippen LogP contribution in [0.3, 0.4) is 0 Å². The van der Waals surface area contributed by atoms with Crippen molar-refractivity contribution in [3.8, 4) is 0 Å². The first-order valence-corrected chi connectivity index (χ1v) is 8.24. The van der Waals surface area contributed by atoms with Crippen molar-refractivity contribution in [1.82, 2.24) is 4.90 Å². The molecule has 1 aliphatic rings. The second kappa shape index (κ2) is 6.00. The summed E-state index contributed by atoms with van der Waals surface area (Å²) in [6, 6.07) is 9.60. The minimum absolute atomic E-state index is 0.0282. The number of likely N-dealkylation sites (tertiary alicyclic amines) is 1. The van der Waals surface area contributed by atoms with E-state index in [1.165, 1.54) is 6.42 Å². The van der Waals surface area contributed by atoms with E-state index in [1.54, 1.807) is 0 Å². The molecule has 1 fully saturated rings. The smallest absolute Gasteiger partial charge is 0.289 e. The van der Waals surface area contributed by atoms with E-state index in [9.17, 15) is 4.79 Å². The van der Waals surface area contributed by atoms with E-state index in [2.05, 4.69) is 15.9 Å². The standard InChI is InChI=1S/C16H18BrNO2/c17-8-7-12-4-3-9-18(11-12)16(19)15-10-13-5-1-2-6-14(13)20-15/h1-2,5-6,10,12H,3-4,7-9,11H2. The van der Waals surface area contributed by atoms with E-state index in [-0.39, 0.29) is 5.91 Å². The van der Waals surface area contributed by atoms with Crippen LogP contribution in [0, 0.1) is 5.92 Å². The highest BCUT2D eigenvalue weighted by atomic mass is 79.9. The molecule has 0 radical (unpaired) electrons. The van der Waals surface area contributed by atoms with Crippen LogP contribution in [0.5, 0.6) is 0 Å². The second-order valence-electron chi connectivity index (χ2n) is 5.39. The van der Waals surface area contributed by atoms with Gasteiger partial charge in [0.25, 0.3) is 5.91 Å². The Morgan fingerprint density at radius 3 is 3.05 bits per heavy atom. The van der Waals surface area contributed by atoms with E-state index in [4.69, 9.17) is 4.42 Å². The van der Waals surface area contributed by atoms with Crippen molar-refractivity contribution in [2.24, 2.45) is 5.92 Å². The fraction of sp³-hybridized carbons (Fsp3) is 0.438. The van der Waals surface area contributed by atoms with Crippen LogP contribution in [-0.4, -0.2) is 29.2 Å². The molecule has 1 saturated heterocycles. The summed E-state index contributed by atoms with van der Waals surface area (Å²) in [5.74, 6) is 1.10. The third-order valence-electron chi connectivity index (χ3n) is 3.96. The van der Waals surface area contributed by atoms with Gasteiger partial charge in [-0.1, -0.05) is 34.1 Å². The molecule has 3 nitrogen and oxygen atoms in total. The number of nitrogens with zero attached hydrogens (tertiary/aromatic N) is 1. The monoisotopic (exact) mass is 335 g/mol. The van der Waals surface area contributed by atoms with Crippen molar-refractivity contribution in [2.75, 3.05) is 18.4 Å². The third-order valence-corrected chi connectivity index (χ3v) is 4.42. The number of carbonyl (C=O) groups is 1. The number of benzene rings is 1. The number of rotatable bonds is 3. The zero-order chi connectivity index (χ0) is 13.9. The number of furan rings is 1. The van der Waals surface area contributed by atoms with Gasteiger partial charge in [0, 0.05) is 23.8 Å². The summed E-state index contributed by atoms with van der Waals surface area (Å²) in [4.78, 5) is 14.5. The van der Waals surface area contributed by atoms with Gasteiger partial charge in [0.1, 0.15) is 5.58 Å². The van der Waals surface area contributed by atoms with Crippen LogP contribution in [-0.2, 0) is 0 Å². The fourth-order valence-corrected chi connectivity index (χ4v) is 3.53. The molecule has 0 N–H and O–H groups in total. The van der Waals surface area contributed by atoms with Crippen LogP contribution in [0.4, 0.5) is 0 Å². The molecule has 0 bridgehead atoms. The number of fused-ring (bicyclic) bond motifs is 1. The van der Waals surface area contributed by atoms with Gasteiger partial charge in [-0.3, -0.25) is 4.79 Å². The molecule has 4 heteroatoms. The number of alkyl halides is 1. The first-order chi connectivity index (χ1) is 9.78. The molecule has 106 valence electrons. The summed E-state index contributed by atoms with van der Waals surface area (Å²) in [5, 5.41) is 1.99. The van der Waals surface area contributed by atoms with Gasteiger partial charge >= 0.3 is 0 Å². The van der Waals surface area contributed by atoms with Crippen LogP contribution in [0.15, 0.2) is 34.7 Å². The summed E-state index contributed by atoms with van der Waals surface area (Å²) in [7, 11) is 0. The molecule has 1 unspecified atom stereocenters. The SMILES string of the molecule is O=C(c1cc2ccccc2o1)N1CCCC(CCBr)C1. The van der Waals surface area contributed by atoms with E-state index in [0.717, 1.165) is 42.2 Å². The molecule has 0 aliphatic carbocycles. The van der Waals surface area contributed by atoms with E-state index >= 15 is 0 Å². The lowest BCUT2D eigenvalue weighted by molar-refractivity contribution is 0.0642. The molecular formula is C16H18BrNO2. The molecule has 20 heavy (non-hydrogen) atoms. The Morgan fingerprint density at radius 2 is 2.25 bits per heavy atom. The van der Waals surface area contributed by atoms with E-state index < -0.39 is 0 Å². The molecule has 1 aliphatic heterocycles. The van der Waals surface area contributed by atoms with Gasteiger partial charge in [-0.15, -0.1) is 0 Å². The Bertz CT molecular complexity index is 572. The number of hydrogen-bond donors (Lipinski definition) is 0. The number of halogens is 1. The van der Waals surface area contributed by atoms with Crippen LogP contribution >= 0.6 is 15.9 Å². The molecule has 1 aromatic carbocycles. The quantitative estimate of drug-likeness (QED) is 0.792. The molecule has 0 spiro atoms. The van der Waals surface area contributed by atoms with Gasteiger partial charge in [0.2, 0.25) is 0 Å². The maximum atomic E-state index is 12.5. The zero-order valence-corrected chi connectivity index (χ0v) is 12.9. The van der Waals surface area contributed by atoms with Crippen LogP contribution in [0.2, 0.25) is 0 Å². The summed E-state index contributed by atoms with van der Waals surface area (Å²) in [5.41, 5.74) is 0.782. The first kappa shape index (κ1) is 13.7. The predicted octanol–water partition coefficient (Wildman–Crippen LogP) is 4.07.